The van der Waals surface area contributed by atoms with E-state index in [1.165, 1.54) is 16.8 Å². The SMILES string of the molecule is Cc1cc2c(nc1C)CC(C(C)C)N=C2. The lowest BCUT2D eigenvalue weighted by Crippen LogP contribution is -2.22. The van der Waals surface area contributed by atoms with Crippen LogP contribution in [0.15, 0.2) is 11.1 Å². The van der Waals surface area contributed by atoms with Crippen molar-refractivity contribution in [2.24, 2.45) is 10.9 Å². The molecule has 0 N–H and O–H groups in total. The van der Waals surface area contributed by atoms with Crippen LogP contribution in [0, 0.1) is 19.8 Å². The van der Waals surface area contributed by atoms with Gasteiger partial charge in [-0.05, 0) is 31.4 Å². The molecular formula is C13H18N2. The molecule has 0 aliphatic carbocycles. The second-order valence-corrected chi connectivity index (χ2v) is 4.72. The molecule has 0 bridgehead atoms. The number of aryl methyl sites for hydroxylation is 2. The van der Waals surface area contributed by atoms with Crippen LogP contribution >= 0.6 is 0 Å². The zero-order valence-electron chi connectivity index (χ0n) is 9.91. The van der Waals surface area contributed by atoms with Crippen molar-refractivity contribution in [3.8, 4) is 0 Å². The molecule has 1 unspecified atom stereocenters. The lowest BCUT2D eigenvalue weighted by molar-refractivity contribution is 0.485. The van der Waals surface area contributed by atoms with Crippen LogP contribution in [0.4, 0.5) is 0 Å². The van der Waals surface area contributed by atoms with Gasteiger partial charge in [-0.1, -0.05) is 13.8 Å². The van der Waals surface area contributed by atoms with Crippen molar-refractivity contribution in [3.63, 3.8) is 0 Å². The van der Waals surface area contributed by atoms with Gasteiger partial charge in [-0.15, -0.1) is 0 Å². The van der Waals surface area contributed by atoms with Crippen molar-refractivity contribution in [3.05, 3.63) is 28.6 Å². The standard InChI is InChI=1S/C13H18N2/c1-8(2)12-6-13-11(7-14-12)5-9(3)10(4)15-13/h5,7-8,12H,6H2,1-4H3. The zero-order valence-corrected chi connectivity index (χ0v) is 9.91. The average molecular weight is 202 g/mol. The number of pyridine rings is 1. The summed E-state index contributed by atoms with van der Waals surface area (Å²) in [7, 11) is 0. The molecule has 1 aliphatic rings. The predicted octanol–water partition coefficient (Wildman–Crippen LogP) is 2.70. The van der Waals surface area contributed by atoms with Gasteiger partial charge in [0.25, 0.3) is 0 Å². The van der Waals surface area contributed by atoms with Crippen LogP contribution in [0.5, 0.6) is 0 Å². The first kappa shape index (κ1) is 10.3. The number of hydrogen-bond acceptors (Lipinski definition) is 2. The second-order valence-electron chi connectivity index (χ2n) is 4.72. The van der Waals surface area contributed by atoms with Gasteiger partial charge in [0.05, 0.1) is 11.7 Å². The van der Waals surface area contributed by atoms with E-state index in [1.807, 2.05) is 6.21 Å². The third-order valence-electron chi connectivity index (χ3n) is 3.16. The molecule has 0 fully saturated rings. The molecule has 0 radical (unpaired) electrons. The third kappa shape index (κ3) is 1.94. The smallest absolute Gasteiger partial charge is 0.0578 e. The molecule has 0 aromatic carbocycles. The summed E-state index contributed by atoms with van der Waals surface area (Å²) in [5.74, 6) is 0.595. The minimum atomic E-state index is 0.409. The van der Waals surface area contributed by atoms with E-state index in [1.54, 1.807) is 0 Å². The van der Waals surface area contributed by atoms with Crippen LogP contribution in [0.2, 0.25) is 0 Å². The Balaban J connectivity index is 2.37. The van der Waals surface area contributed by atoms with Crippen molar-refractivity contribution in [1.82, 2.24) is 4.98 Å². The second kappa shape index (κ2) is 3.76. The summed E-state index contributed by atoms with van der Waals surface area (Å²) in [6, 6.07) is 2.60. The molecule has 1 aromatic rings. The highest BCUT2D eigenvalue weighted by atomic mass is 14.8. The minimum Gasteiger partial charge on any atom is -0.288 e. The monoisotopic (exact) mass is 202 g/mol. The van der Waals surface area contributed by atoms with E-state index < -0.39 is 0 Å². The fraction of sp³-hybridized carbons (Fsp3) is 0.538. The lowest BCUT2D eigenvalue weighted by Gasteiger charge is -2.21. The van der Waals surface area contributed by atoms with Crippen molar-refractivity contribution >= 4 is 6.21 Å². The van der Waals surface area contributed by atoms with Gasteiger partial charge in [0, 0.05) is 23.9 Å². The van der Waals surface area contributed by atoms with E-state index in [9.17, 15) is 0 Å². The van der Waals surface area contributed by atoms with E-state index in [-0.39, 0.29) is 0 Å². The molecule has 1 aliphatic heterocycles. The largest absolute Gasteiger partial charge is 0.288 e. The van der Waals surface area contributed by atoms with E-state index >= 15 is 0 Å². The summed E-state index contributed by atoms with van der Waals surface area (Å²) >= 11 is 0. The molecule has 0 amide bonds. The van der Waals surface area contributed by atoms with Crippen molar-refractivity contribution in [1.29, 1.82) is 0 Å². The Morgan fingerprint density at radius 1 is 1.33 bits per heavy atom. The highest BCUT2D eigenvalue weighted by Gasteiger charge is 2.19. The number of rotatable bonds is 1. The van der Waals surface area contributed by atoms with Gasteiger partial charge in [0.1, 0.15) is 0 Å². The molecule has 80 valence electrons. The molecule has 2 nitrogen and oxygen atoms in total. The summed E-state index contributed by atoms with van der Waals surface area (Å²) in [5, 5.41) is 0. The quantitative estimate of drug-likeness (QED) is 0.687. The first-order valence-electron chi connectivity index (χ1n) is 5.58. The van der Waals surface area contributed by atoms with Gasteiger partial charge in [-0.25, -0.2) is 0 Å². The topological polar surface area (TPSA) is 25.2 Å². The molecular weight excluding hydrogens is 184 g/mol. The molecule has 1 atom stereocenters. The number of fused-ring (bicyclic) bond motifs is 1. The maximum absolute atomic E-state index is 4.65. The summed E-state index contributed by atoms with van der Waals surface area (Å²) in [5.41, 5.74) is 4.82. The van der Waals surface area contributed by atoms with Gasteiger partial charge >= 0.3 is 0 Å². The zero-order chi connectivity index (χ0) is 11.0. The number of aromatic nitrogens is 1. The van der Waals surface area contributed by atoms with Gasteiger partial charge < -0.3 is 0 Å². The highest BCUT2D eigenvalue weighted by Crippen LogP contribution is 2.21. The number of aliphatic imine (C=N–C) groups is 1. The van der Waals surface area contributed by atoms with Crippen LogP contribution in [-0.4, -0.2) is 17.2 Å². The lowest BCUT2D eigenvalue weighted by atomic mass is 9.94. The average Bonchev–Trinajstić information content (AvgIpc) is 2.19. The Morgan fingerprint density at radius 3 is 2.73 bits per heavy atom. The molecule has 2 heterocycles. The van der Waals surface area contributed by atoms with Gasteiger partial charge in [-0.3, -0.25) is 9.98 Å². The van der Waals surface area contributed by atoms with Crippen LogP contribution in [-0.2, 0) is 6.42 Å². The molecule has 15 heavy (non-hydrogen) atoms. The molecule has 0 saturated heterocycles. The van der Waals surface area contributed by atoms with E-state index in [0.717, 1.165) is 12.1 Å². The van der Waals surface area contributed by atoms with E-state index in [2.05, 4.69) is 43.7 Å². The summed E-state index contributed by atoms with van der Waals surface area (Å²) in [4.78, 5) is 9.23. The highest BCUT2D eigenvalue weighted by molar-refractivity contribution is 5.82. The van der Waals surface area contributed by atoms with Crippen molar-refractivity contribution in [2.45, 2.75) is 40.2 Å². The predicted molar refractivity (Wildman–Crippen MR) is 63.6 cm³/mol. The maximum Gasteiger partial charge on any atom is 0.0578 e. The van der Waals surface area contributed by atoms with E-state index in [4.69, 9.17) is 0 Å². The van der Waals surface area contributed by atoms with Gasteiger partial charge in [0.2, 0.25) is 0 Å². The summed E-state index contributed by atoms with van der Waals surface area (Å²) in [6.45, 7) is 8.61. The van der Waals surface area contributed by atoms with Crippen LogP contribution in [0.1, 0.15) is 36.4 Å². The Morgan fingerprint density at radius 2 is 2.07 bits per heavy atom. The fourth-order valence-corrected chi connectivity index (χ4v) is 1.89. The molecule has 0 spiro atoms. The van der Waals surface area contributed by atoms with Crippen LogP contribution < -0.4 is 0 Å². The van der Waals surface area contributed by atoms with Gasteiger partial charge in [-0.2, -0.15) is 0 Å². The normalized spacial score (nSPS) is 19.4. The Kier molecular flexibility index (Phi) is 2.59. The Hall–Kier alpha value is -1.18. The van der Waals surface area contributed by atoms with Crippen LogP contribution in [0.25, 0.3) is 0 Å². The molecule has 2 heteroatoms. The summed E-state index contributed by atoms with van der Waals surface area (Å²) in [6.07, 6.45) is 2.98. The van der Waals surface area contributed by atoms with Crippen molar-refractivity contribution in [2.75, 3.05) is 0 Å². The fourth-order valence-electron chi connectivity index (χ4n) is 1.89. The van der Waals surface area contributed by atoms with E-state index in [0.29, 0.717) is 12.0 Å². The molecule has 1 aromatic heterocycles. The van der Waals surface area contributed by atoms with Crippen molar-refractivity contribution < 1.29 is 0 Å². The number of hydrogen-bond donors (Lipinski definition) is 0. The maximum atomic E-state index is 4.65. The minimum absolute atomic E-state index is 0.409. The Bertz CT molecular complexity index is 405. The van der Waals surface area contributed by atoms with Crippen LogP contribution in [0.3, 0.4) is 0 Å². The molecule has 0 saturated carbocycles. The molecule has 2 rings (SSSR count). The first-order chi connectivity index (χ1) is 7.08. The summed E-state index contributed by atoms with van der Waals surface area (Å²) < 4.78 is 0. The Labute approximate surface area is 91.5 Å². The number of nitrogens with zero attached hydrogens (tertiary/aromatic N) is 2. The van der Waals surface area contributed by atoms with Gasteiger partial charge in [0.15, 0.2) is 0 Å². The first-order valence-corrected chi connectivity index (χ1v) is 5.58. The third-order valence-corrected chi connectivity index (χ3v) is 3.16.